The van der Waals surface area contributed by atoms with Crippen molar-refractivity contribution in [3.8, 4) is 0 Å². The van der Waals surface area contributed by atoms with Crippen molar-refractivity contribution in [2.75, 3.05) is 40.1 Å². The van der Waals surface area contributed by atoms with Crippen molar-refractivity contribution in [2.45, 2.75) is 63.0 Å². The predicted molar refractivity (Wildman–Crippen MR) is 115 cm³/mol. The first kappa shape index (κ1) is 30.8. The number of carboxylic acid groups (broad SMARTS) is 1. The molecule has 5 N–H and O–H groups in total. The number of hydrogen-bond acceptors (Lipinski definition) is 12. The number of methoxy groups -OCH3 is 1. The number of carbonyl (C=O) groups excluding carboxylic acids is 3. The van der Waals surface area contributed by atoms with Gasteiger partial charge in [0.05, 0.1) is 44.7 Å². The quantitative estimate of drug-likeness (QED) is 0.115. The Morgan fingerprint density at radius 2 is 1.83 bits per heavy atom. The fourth-order valence-corrected chi connectivity index (χ4v) is 3.49. The molecular formula is C21H35NO13. The Morgan fingerprint density at radius 3 is 2.40 bits per heavy atom. The van der Waals surface area contributed by atoms with Crippen LogP contribution in [0.1, 0.15) is 26.7 Å². The minimum Gasteiger partial charge on any atom is -0.477 e. The summed E-state index contributed by atoms with van der Waals surface area (Å²) in [7, 11) is 1.51. The Bertz CT molecular complexity index is 703. The van der Waals surface area contributed by atoms with Gasteiger partial charge in [0.15, 0.2) is 12.1 Å². The first-order valence-electron chi connectivity index (χ1n) is 11.0. The molecule has 0 radical (unpaired) electrons. The van der Waals surface area contributed by atoms with Gasteiger partial charge in [-0.15, -0.1) is 0 Å². The van der Waals surface area contributed by atoms with E-state index in [2.05, 4.69) is 5.32 Å². The van der Waals surface area contributed by atoms with Gasteiger partial charge in [0.1, 0.15) is 18.8 Å². The molecule has 6 atom stereocenters. The van der Waals surface area contributed by atoms with Crippen molar-refractivity contribution in [1.82, 2.24) is 5.32 Å². The maximum atomic E-state index is 12.5. The Morgan fingerprint density at radius 1 is 1.17 bits per heavy atom. The smallest absolute Gasteiger partial charge is 0.407 e. The topological polar surface area (TPSA) is 207 Å². The van der Waals surface area contributed by atoms with E-state index >= 15 is 0 Å². The lowest BCUT2D eigenvalue weighted by Crippen LogP contribution is -2.62. The van der Waals surface area contributed by atoms with E-state index in [-0.39, 0.29) is 19.5 Å². The Hall–Kier alpha value is -2.20. The van der Waals surface area contributed by atoms with Crippen LogP contribution >= 0.6 is 0 Å². The fourth-order valence-electron chi connectivity index (χ4n) is 3.49. The highest BCUT2D eigenvalue weighted by Crippen LogP contribution is 2.38. The molecule has 0 bridgehead atoms. The van der Waals surface area contributed by atoms with Gasteiger partial charge in [0, 0.05) is 25.9 Å². The molecule has 1 fully saturated rings. The molecule has 1 unspecified atom stereocenters. The number of carboxylic acids is 1. The second kappa shape index (κ2) is 15.0. The fraction of sp³-hybridized carbons (Fsp3) is 0.810. The minimum atomic E-state index is -2.38. The number of alkyl carbamates (subject to hydrolysis) is 1. The molecule has 1 aliphatic rings. The number of amides is 1. The summed E-state index contributed by atoms with van der Waals surface area (Å²) in [5.74, 6) is -5.81. The van der Waals surface area contributed by atoms with Gasteiger partial charge in [-0.3, -0.25) is 4.79 Å². The van der Waals surface area contributed by atoms with Crippen LogP contribution in [0.5, 0.6) is 0 Å². The number of aldehydes is 1. The number of ether oxygens (including phenoxy) is 5. The number of rotatable bonds is 16. The monoisotopic (exact) mass is 509 g/mol. The van der Waals surface area contributed by atoms with Crippen LogP contribution in [0.25, 0.3) is 0 Å². The van der Waals surface area contributed by atoms with Gasteiger partial charge < -0.3 is 54.2 Å². The lowest BCUT2D eigenvalue weighted by molar-refractivity contribution is -0.325. The van der Waals surface area contributed by atoms with Crippen molar-refractivity contribution in [3.05, 3.63) is 0 Å². The van der Waals surface area contributed by atoms with E-state index in [0.29, 0.717) is 13.2 Å². The number of aliphatic carboxylic acids is 1. The summed E-state index contributed by atoms with van der Waals surface area (Å²) in [4.78, 5) is 47.1. The molecule has 14 heteroatoms. The zero-order valence-corrected chi connectivity index (χ0v) is 20.0. The van der Waals surface area contributed by atoms with E-state index in [1.807, 2.05) is 0 Å². The summed E-state index contributed by atoms with van der Waals surface area (Å²) in [6.07, 6.45) is -9.74. The average Bonchev–Trinajstić information content (AvgIpc) is 2.79. The van der Waals surface area contributed by atoms with Gasteiger partial charge in [0.25, 0.3) is 5.79 Å². The number of aliphatic hydroxyl groups is 3. The van der Waals surface area contributed by atoms with Gasteiger partial charge in [-0.25, -0.2) is 9.59 Å². The van der Waals surface area contributed by atoms with Crippen LogP contribution in [0.15, 0.2) is 0 Å². The van der Waals surface area contributed by atoms with Crippen LogP contribution in [0.4, 0.5) is 4.79 Å². The molecule has 1 rings (SSSR count). The molecule has 0 spiro atoms. The zero-order chi connectivity index (χ0) is 26.6. The lowest BCUT2D eigenvalue weighted by atomic mass is 9.80. The van der Waals surface area contributed by atoms with E-state index in [9.17, 15) is 39.6 Å². The predicted octanol–water partition coefficient (Wildman–Crippen LogP) is -1.77. The second-order valence-corrected chi connectivity index (χ2v) is 8.20. The second-order valence-electron chi connectivity index (χ2n) is 8.20. The van der Waals surface area contributed by atoms with Gasteiger partial charge in [-0.2, -0.15) is 0 Å². The number of nitrogens with one attached hydrogen (secondary N) is 1. The number of carbonyl (C=O) groups is 4. The molecule has 14 nitrogen and oxygen atoms in total. The van der Waals surface area contributed by atoms with E-state index in [1.54, 1.807) is 0 Å². The van der Waals surface area contributed by atoms with Crippen molar-refractivity contribution < 1.29 is 63.3 Å². The number of ketones is 1. The number of aliphatic hydroxyl groups excluding tert-OH is 3. The summed E-state index contributed by atoms with van der Waals surface area (Å²) < 4.78 is 25.6. The molecule has 202 valence electrons. The molecule has 0 aromatic rings. The van der Waals surface area contributed by atoms with Gasteiger partial charge in [-0.1, -0.05) is 0 Å². The summed E-state index contributed by atoms with van der Waals surface area (Å²) in [6, 6.07) is 0. The van der Waals surface area contributed by atoms with Crippen molar-refractivity contribution in [2.24, 2.45) is 5.92 Å². The third-order valence-corrected chi connectivity index (χ3v) is 5.08. The third-order valence-electron chi connectivity index (χ3n) is 5.08. The highest BCUT2D eigenvalue weighted by Gasteiger charge is 2.56. The molecule has 1 aliphatic heterocycles. The third kappa shape index (κ3) is 9.76. The van der Waals surface area contributed by atoms with Crippen LogP contribution in [-0.2, 0) is 38.1 Å². The zero-order valence-electron chi connectivity index (χ0n) is 20.0. The first-order valence-corrected chi connectivity index (χ1v) is 11.0. The largest absolute Gasteiger partial charge is 0.477 e. The van der Waals surface area contributed by atoms with Crippen molar-refractivity contribution in [3.63, 3.8) is 0 Å². The van der Waals surface area contributed by atoms with E-state index < -0.39 is 79.5 Å². The molecule has 0 aliphatic carbocycles. The number of Topliss-reactive ketones (excluding diaryl/α,β-unsaturated/α-hetero) is 1. The van der Waals surface area contributed by atoms with Crippen LogP contribution < -0.4 is 5.32 Å². The van der Waals surface area contributed by atoms with Gasteiger partial charge >= 0.3 is 12.1 Å². The minimum absolute atomic E-state index is 0.0101. The maximum Gasteiger partial charge on any atom is 0.407 e. The standard InChI is InChI=1S/C21H35NO13/c1-12(2)34-21(19(28)29)9-15(25)14(18(35-21)17(27)16(26)11-23)8-13(24)10-22-20(30)33-7-6-32-5-4-31-3/h11-12,14-18,25-27H,4-10H2,1-3H3,(H,22,30)(H,28,29)/t14-,15-,16-,17-,18?,21-/m1/s1. The first-order chi connectivity index (χ1) is 16.5. The Kier molecular flexibility index (Phi) is 13.2. The molecule has 35 heavy (non-hydrogen) atoms. The average molecular weight is 510 g/mol. The summed E-state index contributed by atoms with van der Waals surface area (Å²) >= 11 is 0. The number of hydrogen-bond donors (Lipinski definition) is 5. The molecule has 1 amide bonds. The molecular weight excluding hydrogens is 474 g/mol. The molecule has 0 saturated carbocycles. The maximum absolute atomic E-state index is 12.5. The van der Waals surface area contributed by atoms with Crippen molar-refractivity contribution >= 4 is 24.1 Å². The normalized spacial score (nSPS) is 26.1. The highest BCUT2D eigenvalue weighted by atomic mass is 16.7. The summed E-state index contributed by atoms with van der Waals surface area (Å²) in [5.41, 5.74) is 0. The SMILES string of the molecule is COCCOCCOC(=O)NCC(=O)C[C@H]1C([C@H](O)[C@H](O)C=O)O[C@@](OC(C)C)(C(=O)O)C[C@H]1O. The van der Waals surface area contributed by atoms with Crippen LogP contribution in [0.2, 0.25) is 0 Å². The van der Waals surface area contributed by atoms with Gasteiger partial charge in [-0.05, 0) is 13.8 Å². The van der Waals surface area contributed by atoms with Gasteiger partial charge in [0.2, 0.25) is 0 Å². The van der Waals surface area contributed by atoms with Crippen LogP contribution in [0, 0.1) is 5.92 Å². The van der Waals surface area contributed by atoms with Crippen LogP contribution in [-0.4, -0.2) is 121 Å². The molecule has 1 saturated heterocycles. The highest BCUT2D eigenvalue weighted by molar-refractivity contribution is 5.84. The Labute approximate surface area is 202 Å². The molecule has 1 heterocycles. The molecule has 0 aromatic carbocycles. The summed E-state index contributed by atoms with van der Waals surface area (Å²) in [6.45, 7) is 3.31. The van der Waals surface area contributed by atoms with E-state index in [4.69, 9.17) is 23.7 Å². The lowest BCUT2D eigenvalue weighted by Gasteiger charge is -2.46. The van der Waals surface area contributed by atoms with E-state index in [1.165, 1.54) is 21.0 Å². The Balaban J connectivity index is 2.80. The molecule has 0 aromatic heterocycles. The van der Waals surface area contributed by atoms with E-state index in [0.717, 1.165) is 0 Å². The van der Waals surface area contributed by atoms with Crippen molar-refractivity contribution in [1.29, 1.82) is 0 Å². The van der Waals surface area contributed by atoms with Crippen LogP contribution in [0.3, 0.4) is 0 Å². The summed E-state index contributed by atoms with van der Waals surface area (Å²) in [5, 5.41) is 42.8.